The van der Waals surface area contributed by atoms with Crippen molar-refractivity contribution in [2.45, 2.75) is 38.6 Å². The Labute approximate surface area is 156 Å². The molecule has 0 spiro atoms. The fourth-order valence-corrected chi connectivity index (χ4v) is 2.92. The first-order chi connectivity index (χ1) is 11.9. The van der Waals surface area contributed by atoms with E-state index in [4.69, 9.17) is 16.4 Å². The molecule has 0 atom stereocenters. The van der Waals surface area contributed by atoms with Crippen molar-refractivity contribution in [2.24, 2.45) is 5.16 Å². The van der Waals surface area contributed by atoms with Gasteiger partial charge < -0.3 is 0 Å². The van der Waals surface area contributed by atoms with E-state index in [1.165, 1.54) is 22.6 Å². The number of oxime groups is 1. The van der Waals surface area contributed by atoms with E-state index >= 15 is 0 Å². The lowest BCUT2D eigenvalue weighted by Gasteiger charge is -2.16. The van der Waals surface area contributed by atoms with E-state index < -0.39 is 6.09 Å². The average Bonchev–Trinajstić information content (AvgIpc) is 3.11. The smallest absolute Gasteiger partial charge is 0.297 e. The van der Waals surface area contributed by atoms with Crippen molar-refractivity contribution in [3.63, 3.8) is 0 Å². The minimum atomic E-state index is -0.544. The van der Waals surface area contributed by atoms with Gasteiger partial charge in [-0.25, -0.2) is 14.1 Å². The Morgan fingerprint density at radius 1 is 1.40 bits per heavy atom. The van der Waals surface area contributed by atoms with Crippen LogP contribution in [0.5, 0.6) is 0 Å². The van der Waals surface area contributed by atoms with Crippen molar-refractivity contribution >= 4 is 35.4 Å². The number of halogens is 1. The summed E-state index contributed by atoms with van der Waals surface area (Å²) in [6, 6.07) is 3.70. The zero-order valence-electron chi connectivity index (χ0n) is 14.6. The van der Waals surface area contributed by atoms with Crippen LogP contribution in [0.3, 0.4) is 0 Å². The largest absolute Gasteiger partial charge is 0.446 e. The summed E-state index contributed by atoms with van der Waals surface area (Å²) in [4.78, 5) is 21.9. The number of benzene rings is 1. The summed E-state index contributed by atoms with van der Waals surface area (Å²) in [7, 11) is 1.64. The first kappa shape index (κ1) is 19.3. The van der Waals surface area contributed by atoms with Crippen LogP contribution in [0.4, 0.5) is 4.79 Å². The Kier molecular flexibility index (Phi) is 6.83. The SMILES string of the molecule is C/C(CCn1cncn1)=N\OC(=O)N(C)Sc1ccc(Cl)c(C)c1C. The Morgan fingerprint density at radius 3 is 2.84 bits per heavy atom. The first-order valence-corrected chi connectivity index (χ1v) is 8.78. The third-order valence-corrected chi connectivity index (χ3v) is 5.08. The van der Waals surface area contributed by atoms with Crippen LogP contribution in [0.1, 0.15) is 24.5 Å². The van der Waals surface area contributed by atoms with Crippen molar-refractivity contribution in [3.05, 3.63) is 40.9 Å². The van der Waals surface area contributed by atoms with Crippen molar-refractivity contribution in [1.82, 2.24) is 19.1 Å². The van der Waals surface area contributed by atoms with E-state index in [1.54, 1.807) is 25.0 Å². The second-order valence-corrected chi connectivity index (χ2v) is 7.05. The minimum Gasteiger partial charge on any atom is -0.297 e. The van der Waals surface area contributed by atoms with Gasteiger partial charge in [0.05, 0.1) is 5.71 Å². The Morgan fingerprint density at radius 2 is 2.16 bits per heavy atom. The van der Waals surface area contributed by atoms with Crippen LogP contribution < -0.4 is 0 Å². The van der Waals surface area contributed by atoms with Crippen molar-refractivity contribution in [1.29, 1.82) is 0 Å². The molecule has 2 aromatic rings. The molecule has 2 rings (SSSR count). The maximum absolute atomic E-state index is 12.1. The quantitative estimate of drug-likeness (QED) is 0.326. The summed E-state index contributed by atoms with van der Waals surface area (Å²) in [5.41, 5.74) is 2.72. The molecule has 0 saturated carbocycles. The van der Waals surface area contributed by atoms with Crippen LogP contribution in [0, 0.1) is 13.8 Å². The van der Waals surface area contributed by atoms with Gasteiger partial charge in [0.25, 0.3) is 0 Å². The molecule has 7 nitrogen and oxygen atoms in total. The lowest BCUT2D eigenvalue weighted by atomic mass is 10.1. The van der Waals surface area contributed by atoms with Crippen LogP contribution in [0.2, 0.25) is 5.02 Å². The van der Waals surface area contributed by atoms with Gasteiger partial charge in [-0.2, -0.15) is 5.10 Å². The molecule has 1 aromatic carbocycles. The fourth-order valence-electron chi connectivity index (χ4n) is 1.89. The lowest BCUT2D eigenvalue weighted by molar-refractivity contribution is 0.136. The Bertz CT molecular complexity index is 764. The van der Waals surface area contributed by atoms with E-state index in [0.717, 1.165) is 16.0 Å². The Balaban J connectivity index is 1.87. The normalized spacial score (nSPS) is 11.5. The number of aromatic nitrogens is 3. The molecule has 0 fully saturated rings. The molecule has 25 heavy (non-hydrogen) atoms. The zero-order valence-corrected chi connectivity index (χ0v) is 16.1. The van der Waals surface area contributed by atoms with E-state index in [1.807, 2.05) is 26.0 Å². The average molecular weight is 382 g/mol. The molecule has 0 N–H and O–H groups in total. The van der Waals surface area contributed by atoms with E-state index in [2.05, 4.69) is 15.2 Å². The van der Waals surface area contributed by atoms with Crippen LogP contribution in [0.25, 0.3) is 0 Å². The maximum Gasteiger partial charge on any atom is 0.446 e. The summed E-state index contributed by atoms with van der Waals surface area (Å²) in [5.74, 6) is 0. The van der Waals surface area contributed by atoms with Gasteiger partial charge in [0, 0.05) is 29.9 Å². The highest BCUT2D eigenvalue weighted by Crippen LogP contribution is 2.30. The summed E-state index contributed by atoms with van der Waals surface area (Å²) >= 11 is 7.37. The Hall–Kier alpha value is -2.06. The topological polar surface area (TPSA) is 72.6 Å². The van der Waals surface area contributed by atoms with E-state index in [-0.39, 0.29) is 0 Å². The highest BCUT2D eigenvalue weighted by molar-refractivity contribution is 7.97. The monoisotopic (exact) mass is 381 g/mol. The van der Waals surface area contributed by atoms with Crippen LogP contribution in [-0.2, 0) is 11.4 Å². The predicted octanol–water partition coefficient (Wildman–Crippen LogP) is 4.09. The van der Waals surface area contributed by atoms with Crippen LogP contribution in [0.15, 0.2) is 34.8 Å². The van der Waals surface area contributed by atoms with Crippen LogP contribution in [-0.4, -0.2) is 37.9 Å². The van der Waals surface area contributed by atoms with Crippen molar-refractivity contribution < 1.29 is 9.63 Å². The molecule has 1 amide bonds. The highest BCUT2D eigenvalue weighted by atomic mass is 35.5. The maximum atomic E-state index is 12.1. The number of aryl methyl sites for hydroxylation is 1. The number of carbonyl (C=O) groups excluding carboxylic acids is 1. The third kappa shape index (κ3) is 5.47. The minimum absolute atomic E-state index is 0.544. The van der Waals surface area contributed by atoms with Gasteiger partial charge in [-0.15, -0.1) is 0 Å². The molecule has 9 heteroatoms. The van der Waals surface area contributed by atoms with Gasteiger partial charge in [0.15, 0.2) is 0 Å². The first-order valence-electron chi connectivity index (χ1n) is 7.62. The van der Waals surface area contributed by atoms with Gasteiger partial charge in [0.1, 0.15) is 12.7 Å². The number of amides is 1. The van der Waals surface area contributed by atoms with Crippen LogP contribution >= 0.6 is 23.5 Å². The second-order valence-electron chi connectivity index (χ2n) is 5.48. The lowest BCUT2D eigenvalue weighted by Crippen LogP contribution is -2.19. The molecule has 0 radical (unpaired) electrons. The molecule has 134 valence electrons. The number of nitrogens with zero attached hydrogens (tertiary/aromatic N) is 5. The zero-order chi connectivity index (χ0) is 18.4. The summed E-state index contributed by atoms with van der Waals surface area (Å²) < 4.78 is 3.08. The van der Waals surface area contributed by atoms with Gasteiger partial charge >= 0.3 is 6.09 Å². The van der Waals surface area contributed by atoms with Gasteiger partial charge in [0.2, 0.25) is 0 Å². The van der Waals surface area contributed by atoms with Crippen molar-refractivity contribution in [3.8, 4) is 0 Å². The highest BCUT2D eigenvalue weighted by Gasteiger charge is 2.15. The van der Waals surface area contributed by atoms with E-state index in [9.17, 15) is 4.79 Å². The summed E-state index contributed by atoms with van der Waals surface area (Å²) in [5, 5.41) is 8.58. The van der Waals surface area contributed by atoms with Gasteiger partial charge in [-0.05, 0) is 56.0 Å². The summed E-state index contributed by atoms with van der Waals surface area (Å²) in [6.07, 6.45) is 3.17. The molecule has 1 heterocycles. The number of carbonyl (C=O) groups is 1. The molecule has 1 aromatic heterocycles. The molecular formula is C16H20ClN5O2S. The number of hydrogen-bond acceptors (Lipinski definition) is 6. The van der Waals surface area contributed by atoms with Gasteiger partial charge in [-0.1, -0.05) is 16.8 Å². The second kappa shape index (κ2) is 8.87. The molecule has 0 unspecified atom stereocenters. The predicted molar refractivity (Wildman–Crippen MR) is 98.8 cm³/mol. The summed E-state index contributed by atoms with van der Waals surface area (Å²) in [6.45, 7) is 6.34. The van der Waals surface area contributed by atoms with E-state index in [0.29, 0.717) is 23.7 Å². The molecule has 0 aliphatic heterocycles. The standard InChI is InChI=1S/C16H20ClN5O2S/c1-11(7-8-22-10-18-9-19-22)20-24-16(23)21(4)25-15-6-5-14(17)12(2)13(15)3/h5-6,9-10H,7-8H2,1-4H3/b20-11+. The molecule has 0 bridgehead atoms. The third-order valence-electron chi connectivity index (χ3n) is 3.61. The number of rotatable bonds is 6. The molecule has 0 saturated heterocycles. The van der Waals surface area contributed by atoms with Crippen molar-refractivity contribution in [2.75, 3.05) is 7.05 Å². The molecule has 0 aliphatic rings. The van der Waals surface area contributed by atoms with Gasteiger partial charge in [-0.3, -0.25) is 9.52 Å². The number of hydrogen-bond donors (Lipinski definition) is 0. The molecular weight excluding hydrogens is 362 g/mol. The molecule has 0 aliphatic carbocycles. The fraction of sp³-hybridized carbons (Fsp3) is 0.375.